The van der Waals surface area contributed by atoms with Crippen LogP contribution < -0.4 is 4.90 Å². The number of anilines is 1. The van der Waals surface area contributed by atoms with Crippen molar-refractivity contribution in [3.05, 3.63) is 23.4 Å². The van der Waals surface area contributed by atoms with Crippen LogP contribution in [-0.2, 0) is 4.79 Å². The molecule has 0 amide bonds. The number of rotatable bonds is 4. The van der Waals surface area contributed by atoms with Crippen molar-refractivity contribution in [1.29, 1.82) is 0 Å². The molecular formula is C12H16N2O2. The number of carbonyl (C=O) groups is 1. The van der Waals surface area contributed by atoms with Gasteiger partial charge in [0.05, 0.1) is 0 Å². The van der Waals surface area contributed by atoms with E-state index in [9.17, 15) is 4.79 Å². The Morgan fingerprint density at radius 3 is 2.69 bits per heavy atom. The van der Waals surface area contributed by atoms with Crippen molar-refractivity contribution in [2.75, 3.05) is 11.4 Å². The summed E-state index contributed by atoms with van der Waals surface area (Å²) in [6.07, 6.45) is 2.14. The molecule has 16 heavy (non-hydrogen) atoms. The lowest BCUT2D eigenvalue weighted by Gasteiger charge is -2.21. The maximum atomic E-state index is 10.8. The van der Waals surface area contributed by atoms with Crippen LogP contribution >= 0.6 is 0 Å². The summed E-state index contributed by atoms with van der Waals surface area (Å²) < 4.78 is 0. The van der Waals surface area contributed by atoms with Crippen LogP contribution in [0.4, 0.5) is 5.82 Å². The maximum absolute atomic E-state index is 10.8. The van der Waals surface area contributed by atoms with E-state index in [1.807, 2.05) is 30.9 Å². The number of hydrogen-bond acceptors (Lipinski definition) is 3. The zero-order chi connectivity index (χ0) is 11.7. The number of carboxylic acid groups (broad SMARTS) is 1. The summed E-state index contributed by atoms with van der Waals surface area (Å²) in [4.78, 5) is 17.1. The molecule has 1 saturated carbocycles. The van der Waals surface area contributed by atoms with Gasteiger partial charge in [0.25, 0.3) is 0 Å². The van der Waals surface area contributed by atoms with E-state index in [4.69, 9.17) is 5.11 Å². The lowest BCUT2D eigenvalue weighted by Crippen LogP contribution is -2.32. The molecule has 1 heterocycles. The zero-order valence-corrected chi connectivity index (χ0v) is 9.60. The Balaban J connectivity index is 2.24. The summed E-state index contributed by atoms with van der Waals surface area (Å²) in [7, 11) is 0. The van der Waals surface area contributed by atoms with E-state index in [2.05, 4.69) is 4.98 Å². The van der Waals surface area contributed by atoms with Crippen LogP contribution in [0.2, 0.25) is 0 Å². The van der Waals surface area contributed by atoms with Crippen LogP contribution in [-0.4, -0.2) is 28.6 Å². The predicted molar refractivity (Wildman–Crippen MR) is 61.7 cm³/mol. The van der Waals surface area contributed by atoms with E-state index in [1.165, 1.54) is 0 Å². The smallest absolute Gasteiger partial charge is 0.323 e. The summed E-state index contributed by atoms with van der Waals surface area (Å²) in [5.74, 6) is -0.0140. The van der Waals surface area contributed by atoms with Gasteiger partial charge < -0.3 is 10.0 Å². The van der Waals surface area contributed by atoms with Crippen molar-refractivity contribution in [1.82, 2.24) is 4.98 Å². The number of aryl methyl sites for hydroxylation is 2. The second-order valence-electron chi connectivity index (χ2n) is 4.32. The number of nitrogens with zero attached hydrogens (tertiary/aromatic N) is 2. The SMILES string of the molecule is Cc1ccc(N(CC(=O)O)C2CC2)nc1C. The molecular weight excluding hydrogens is 204 g/mol. The highest BCUT2D eigenvalue weighted by Crippen LogP contribution is 2.30. The quantitative estimate of drug-likeness (QED) is 0.840. The molecule has 0 spiro atoms. The first-order chi connectivity index (χ1) is 7.58. The van der Waals surface area contributed by atoms with Gasteiger partial charge in [-0.25, -0.2) is 4.98 Å². The Labute approximate surface area is 94.9 Å². The summed E-state index contributed by atoms with van der Waals surface area (Å²) in [6.45, 7) is 4.00. The molecule has 0 bridgehead atoms. The highest BCUT2D eigenvalue weighted by atomic mass is 16.4. The molecule has 0 atom stereocenters. The first-order valence-corrected chi connectivity index (χ1v) is 5.50. The van der Waals surface area contributed by atoms with E-state index < -0.39 is 5.97 Å². The van der Waals surface area contributed by atoms with Gasteiger partial charge in [0, 0.05) is 11.7 Å². The molecule has 4 heteroatoms. The first-order valence-electron chi connectivity index (χ1n) is 5.50. The van der Waals surface area contributed by atoms with Crippen LogP contribution in [0.1, 0.15) is 24.1 Å². The van der Waals surface area contributed by atoms with E-state index in [-0.39, 0.29) is 6.54 Å². The third-order valence-electron chi connectivity index (χ3n) is 2.92. The van der Waals surface area contributed by atoms with Gasteiger partial charge in [-0.1, -0.05) is 6.07 Å². The molecule has 4 nitrogen and oxygen atoms in total. The number of carboxylic acids is 1. The number of aliphatic carboxylic acids is 1. The van der Waals surface area contributed by atoms with E-state index in [1.54, 1.807) is 0 Å². The van der Waals surface area contributed by atoms with Gasteiger partial charge in [-0.3, -0.25) is 4.79 Å². The Morgan fingerprint density at radius 2 is 2.19 bits per heavy atom. The van der Waals surface area contributed by atoms with Gasteiger partial charge in [0.15, 0.2) is 0 Å². The summed E-state index contributed by atoms with van der Waals surface area (Å²) in [5, 5.41) is 8.88. The lowest BCUT2D eigenvalue weighted by molar-refractivity contribution is -0.135. The maximum Gasteiger partial charge on any atom is 0.323 e. The van der Waals surface area contributed by atoms with Crippen molar-refractivity contribution >= 4 is 11.8 Å². The van der Waals surface area contributed by atoms with Gasteiger partial charge in [0.2, 0.25) is 0 Å². The molecule has 0 unspecified atom stereocenters. The zero-order valence-electron chi connectivity index (χ0n) is 9.60. The Hall–Kier alpha value is -1.58. The number of pyridine rings is 1. The second-order valence-corrected chi connectivity index (χ2v) is 4.32. The standard InChI is InChI=1S/C12H16N2O2/c1-8-3-6-11(13-9(8)2)14(7-12(15)16)10-4-5-10/h3,6,10H,4-5,7H2,1-2H3,(H,15,16). The summed E-state index contributed by atoms with van der Waals surface area (Å²) in [5.41, 5.74) is 2.10. The second kappa shape index (κ2) is 4.12. The van der Waals surface area contributed by atoms with Crippen molar-refractivity contribution in [2.24, 2.45) is 0 Å². The van der Waals surface area contributed by atoms with Crippen LogP contribution in [0.3, 0.4) is 0 Å². The molecule has 0 radical (unpaired) electrons. The topological polar surface area (TPSA) is 53.4 Å². The molecule has 0 aliphatic heterocycles. The van der Waals surface area contributed by atoms with Gasteiger partial charge >= 0.3 is 5.97 Å². The van der Waals surface area contributed by atoms with Crippen LogP contribution in [0.5, 0.6) is 0 Å². The number of hydrogen-bond donors (Lipinski definition) is 1. The molecule has 1 aliphatic carbocycles. The van der Waals surface area contributed by atoms with Crippen molar-refractivity contribution in [3.8, 4) is 0 Å². The number of aromatic nitrogens is 1. The fourth-order valence-electron chi connectivity index (χ4n) is 1.71. The predicted octanol–water partition coefficient (Wildman–Crippen LogP) is 1.75. The Bertz CT molecular complexity index is 413. The molecule has 86 valence electrons. The van der Waals surface area contributed by atoms with Crippen molar-refractivity contribution in [3.63, 3.8) is 0 Å². The largest absolute Gasteiger partial charge is 0.480 e. The Kier molecular flexibility index (Phi) is 2.81. The highest BCUT2D eigenvalue weighted by molar-refractivity contribution is 5.73. The fourth-order valence-corrected chi connectivity index (χ4v) is 1.71. The van der Waals surface area contributed by atoms with Gasteiger partial charge in [-0.2, -0.15) is 0 Å². The highest BCUT2D eigenvalue weighted by Gasteiger charge is 2.31. The minimum absolute atomic E-state index is 0.0418. The molecule has 1 N–H and O–H groups in total. The van der Waals surface area contributed by atoms with E-state index in [0.29, 0.717) is 6.04 Å². The summed E-state index contributed by atoms with van der Waals surface area (Å²) >= 11 is 0. The normalized spacial score (nSPS) is 14.9. The summed E-state index contributed by atoms with van der Waals surface area (Å²) in [6, 6.07) is 4.27. The van der Waals surface area contributed by atoms with E-state index >= 15 is 0 Å². The Morgan fingerprint density at radius 1 is 1.50 bits per heavy atom. The van der Waals surface area contributed by atoms with Gasteiger partial charge in [-0.15, -0.1) is 0 Å². The fraction of sp³-hybridized carbons (Fsp3) is 0.500. The van der Waals surface area contributed by atoms with Crippen molar-refractivity contribution in [2.45, 2.75) is 32.7 Å². The monoisotopic (exact) mass is 220 g/mol. The molecule has 0 aromatic carbocycles. The van der Waals surface area contributed by atoms with Crippen LogP contribution in [0, 0.1) is 13.8 Å². The van der Waals surface area contributed by atoms with Gasteiger partial charge in [0.1, 0.15) is 12.4 Å². The van der Waals surface area contributed by atoms with Gasteiger partial charge in [-0.05, 0) is 38.3 Å². The average Bonchev–Trinajstić information content (AvgIpc) is 3.02. The van der Waals surface area contributed by atoms with Crippen LogP contribution in [0.15, 0.2) is 12.1 Å². The molecule has 1 aliphatic rings. The molecule has 0 saturated heterocycles. The van der Waals surface area contributed by atoms with E-state index in [0.717, 1.165) is 29.9 Å². The minimum Gasteiger partial charge on any atom is -0.480 e. The minimum atomic E-state index is -0.799. The third-order valence-corrected chi connectivity index (χ3v) is 2.92. The average molecular weight is 220 g/mol. The molecule has 1 aromatic heterocycles. The van der Waals surface area contributed by atoms with Crippen molar-refractivity contribution < 1.29 is 9.90 Å². The molecule has 2 rings (SSSR count). The molecule has 1 aromatic rings. The third kappa shape index (κ3) is 2.32. The lowest BCUT2D eigenvalue weighted by atomic mass is 10.2. The first kappa shape index (κ1) is 10.9. The molecule has 1 fully saturated rings. The van der Waals surface area contributed by atoms with Crippen LogP contribution in [0.25, 0.3) is 0 Å².